The number of carbonyl (C=O) groups excluding carboxylic acids is 5. The molecule has 1 heterocycles. The van der Waals surface area contributed by atoms with Gasteiger partial charge in [-0.15, -0.1) is 0 Å². The van der Waals surface area contributed by atoms with E-state index in [2.05, 4.69) is 16.8 Å². The number of carbonyl (C=O) groups is 5. The van der Waals surface area contributed by atoms with Crippen LogP contribution in [0.2, 0.25) is 0 Å². The van der Waals surface area contributed by atoms with Crippen LogP contribution in [-0.2, 0) is 25.6 Å². The predicted molar refractivity (Wildman–Crippen MR) is 119 cm³/mol. The van der Waals surface area contributed by atoms with Crippen LogP contribution in [0.1, 0.15) is 40.0 Å². The van der Waals surface area contributed by atoms with E-state index in [-0.39, 0.29) is 30.6 Å². The molecule has 3 aliphatic carbocycles. The van der Waals surface area contributed by atoms with E-state index in [1.54, 1.807) is 30.5 Å². The van der Waals surface area contributed by atoms with Gasteiger partial charge in [-0.3, -0.25) is 24.0 Å². The molecule has 2 fully saturated rings. The summed E-state index contributed by atoms with van der Waals surface area (Å²) in [7, 11) is 0. The van der Waals surface area contributed by atoms with Crippen LogP contribution in [0, 0.1) is 35.5 Å². The summed E-state index contributed by atoms with van der Waals surface area (Å²) in [5, 5.41) is 21.7. The number of nitrogens with zero attached hydrogens (tertiary/aromatic N) is 1. The molecule has 35 heavy (non-hydrogen) atoms. The van der Waals surface area contributed by atoms with Gasteiger partial charge in [0.25, 0.3) is 0 Å². The van der Waals surface area contributed by atoms with Crippen molar-refractivity contribution in [2.24, 2.45) is 29.4 Å². The first-order valence-corrected chi connectivity index (χ1v) is 11.1. The molecular formula is C26H20N2O7. The minimum absolute atomic E-state index is 0.0316. The van der Waals surface area contributed by atoms with Gasteiger partial charge in [0, 0.05) is 24.1 Å². The summed E-state index contributed by atoms with van der Waals surface area (Å²) in [4.78, 5) is 68.1. The van der Waals surface area contributed by atoms with Crippen molar-refractivity contribution in [3.8, 4) is 17.6 Å². The van der Waals surface area contributed by atoms with Crippen molar-refractivity contribution in [2.45, 2.75) is 24.9 Å². The van der Waals surface area contributed by atoms with E-state index in [4.69, 9.17) is 5.73 Å². The van der Waals surface area contributed by atoms with Gasteiger partial charge in [-0.25, -0.2) is 4.98 Å². The SMILES string of the molecule is NC(=O)C1C(=O)C[C@@H]2C[C@@H]3Cc4c(C#Cc5ccccn5)ccc(O)c4C(=O)C3C(=O)[C@]2(O)C1=O. The van der Waals surface area contributed by atoms with Gasteiger partial charge >= 0.3 is 0 Å². The fraction of sp³-hybridized carbons (Fsp3) is 0.308. The van der Waals surface area contributed by atoms with E-state index in [0.29, 0.717) is 16.8 Å². The normalized spacial score (nSPS) is 29.4. The molecular weight excluding hydrogens is 452 g/mol. The summed E-state index contributed by atoms with van der Waals surface area (Å²) in [5.41, 5.74) is 3.89. The molecule has 1 aromatic heterocycles. The zero-order valence-corrected chi connectivity index (χ0v) is 18.4. The van der Waals surface area contributed by atoms with Crippen molar-refractivity contribution >= 4 is 29.0 Å². The second-order valence-electron chi connectivity index (χ2n) is 9.19. The van der Waals surface area contributed by atoms with Crippen molar-refractivity contribution in [3.63, 3.8) is 0 Å². The summed E-state index contributed by atoms with van der Waals surface area (Å²) in [6, 6.07) is 8.13. The number of aromatic nitrogens is 1. The Bertz CT molecular complexity index is 1390. The van der Waals surface area contributed by atoms with Gasteiger partial charge in [-0.1, -0.05) is 12.0 Å². The van der Waals surface area contributed by atoms with E-state index < -0.39 is 58.3 Å². The topological polar surface area (TPSA) is 165 Å². The summed E-state index contributed by atoms with van der Waals surface area (Å²) >= 11 is 0. The van der Waals surface area contributed by atoms with Crippen molar-refractivity contribution in [3.05, 3.63) is 58.9 Å². The van der Waals surface area contributed by atoms with E-state index in [1.807, 2.05) is 0 Å². The Morgan fingerprint density at radius 2 is 1.83 bits per heavy atom. The standard InChI is InChI=1S/C26H20N2O7/c27-25(34)21-18(30)11-14-9-13-10-16-12(4-6-15-3-1-2-8-28-15)5-7-17(29)20(16)22(31)19(13)23(32)26(14,35)24(21)33/h1-3,5,7-8,13-14,19,21,29,35H,9-11H2,(H2,27,34)/t13-,14+,19?,21?,26+/m1/s1. The van der Waals surface area contributed by atoms with Gasteiger partial charge in [0.15, 0.2) is 34.7 Å². The number of ketones is 4. The maximum atomic E-state index is 13.5. The van der Waals surface area contributed by atoms with E-state index in [1.165, 1.54) is 6.07 Å². The highest BCUT2D eigenvalue weighted by atomic mass is 16.3. The molecule has 4 N–H and O–H groups in total. The van der Waals surface area contributed by atoms with Crippen LogP contribution in [0.15, 0.2) is 36.5 Å². The number of rotatable bonds is 1. The lowest BCUT2D eigenvalue weighted by Gasteiger charge is -2.48. The Balaban J connectivity index is 1.57. The van der Waals surface area contributed by atoms with Crippen LogP contribution in [0.5, 0.6) is 5.75 Å². The molecule has 1 amide bonds. The van der Waals surface area contributed by atoms with Crippen molar-refractivity contribution in [1.82, 2.24) is 4.98 Å². The molecule has 2 saturated carbocycles. The van der Waals surface area contributed by atoms with Crippen LogP contribution in [0.4, 0.5) is 0 Å². The van der Waals surface area contributed by atoms with Crippen molar-refractivity contribution in [1.29, 1.82) is 0 Å². The molecule has 9 nitrogen and oxygen atoms in total. The van der Waals surface area contributed by atoms with Crippen LogP contribution in [0.25, 0.3) is 0 Å². The third-order valence-corrected chi connectivity index (χ3v) is 7.28. The minimum Gasteiger partial charge on any atom is -0.507 e. The summed E-state index contributed by atoms with van der Waals surface area (Å²) in [6.45, 7) is 0. The maximum absolute atomic E-state index is 13.5. The molecule has 176 valence electrons. The first-order valence-electron chi connectivity index (χ1n) is 11.1. The molecule has 3 aliphatic rings. The van der Waals surface area contributed by atoms with Gasteiger partial charge in [-0.05, 0) is 54.5 Å². The molecule has 9 heteroatoms. The number of phenols is 1. The number of nitrogens with two attached hydrogens (primary N) is 1. The molecule has 0 radical (unpaired) electrons. The first kappa shape index (κ1) is 22.6. The van der Waals surface area contributed by atoms with Crippen LogP contribution < -0.4 is 5.73 Å². The average Bonchev–Trinajstić information content (AvgIpc) is 2.81. The highest BCUT2D eigenvalue weighted by Crippen LogP contribution is 2.50. The predicted octanol–water partition coefficient (Wildman–Crippen LogP) is 0.122. The fourth-order valence-corrected chi connectivity index (χ4v) is 5.65. The third-order valence-electron chi connectivity index (χ3n) is 7.28. The second kappa shape index (κ2) is 7.96. The first-order chi connectivity index (χ1) is 16.6. The highest BCUT2D eigenvalue weighted by molar-refractivity contribution is 6.31. The second-order valence-corrected chi connectivity index (χ2v) is 9.19. The van der Waals surface area contributed by atoms with Crippen LogP contribution in [-0.4, -0.2) is 49.8 Å². The van der Waals surface area contributed by atoms with E-state index >= 15 is 0 Å². The molecule has 0 spiro atoms. The fourth-order valence-electron chi connectivity index (χ4n) is 5.65. The number of hydrogen-bond acceptors (Lipinski definition) is 8. The number of phenolic OH excluding ortho intramolecular Hbond substituents is 1. The van der Waals surface area contributed by atoms with Crippen LogP contribution in [0.3, 0.4) is 0 Å². The molecule has 2 aromatic rings. The number of hydrogen-bond donors (Lipinski definition) is 3. The van der Waals surface area contributed by atoms with Gasteiger partial charge in [-0.2, -0.15) is 0 Å². The Labute approximate surface area is 199 Å². The quantitative estimate of drug-likeness (QED) is 0.389. The maximum Gasteiger partial charge on any atom is 0.235 e. The lowest BCUT2D eigenvalue weighted by Crippen LogP contribution is -2.68. The number of aliphatic hydroxyl groups is 1. The molecule has 0 aliphatic heterocycles. The zero-order chi connectivity index (χ0) is 25.1. The summed E-state index contributed by atoms with van der Waals surface area (Å²) in [5.74, 6) is -4.51. The number of benzene rings is 1. The number of pyridine rings is 1. The van der Waals surface area contributed by atoms with Gasteiger partial charge in [0.1, 0.15) is 11.4 Å². The van der Waals surface area contributed by atoms with Gasteiger partial charge < -0.3 is 15.9 Å². The molecule has 0 saturated heterocycles. The van der Waals surface area contributed by atoms with Gasteiger partial charge in [0.05, 0.1) is 11.5 Å². The Hall–Kier alpha value is -4.16. The zero-order valence-electron chi connectivity index (χ0n) is 18.4. The number of primary amides is 1. The number of aromatic hydroxyl groups is 1. The van der Waals surface area contributed by atoms with Crippen LogP contribution >= 0.6 is 0 Å². The summed E-state index contributed by atoms with van der Waals surface area (Å²) < 4.78 is 0. The Kier molecular flexibility index (Phi) is 5.15. The molecule has 1 aromatic carbocycles. The van der Waals surface area contributed by atoms with Gasteiger partial charge in [0.2, 0.25) is 5.91 Å². The average molecular weight is 472 g/mol. The Morgan fingerprint density at radius 3 is 2.51 bits per heavy atom. The number of amides is 1. The lowest BCUT2D eigenvalue weighted by atomic mass is 9.53. The molecule has 5 atom stereocenters. The van der Waals surface area contributed by atoms with Crippen molar-refractivity contribution < 1.29 is 34.2 Å². The minimum atomic E-state index is -2.66. The van der Waals surface area contributed by atoms with E-state index in [0.717, 1.165) is 0 Å². The monoisotopic (exact) mass is 472 g/mol. The number of fused-ring (bicyclic) bond motifs is 3. The molecule has 0 bridgehead atoms. The van der Waals surface area contributed by atoms with Crippen molar-refractivity contribution in [2.75, 3.05) is 0 Å². The highest BCUT2D eigenvalue weighted by Gasteiger charge is 2.66. The molecule has 5 rings (SSSR count). The summed E-state index contributed by atoms with van der Waals surface area (Å²) in [6.07, 6.45) is 1.42. The largest absolute Gasteiger partial charge is 0.507 e. The third kappa shape index (κ3) is 3.29. The Morgan fingerprint density at radius 1 is 1.06 bits per heavy atom. The lowest BCUT2D eigenvalue weighted by molar-refractivity contribution is -0.175. The number of Topliss-reactive ketones (excluding diaryl/α,β-unsaturated/α-hetero) is 4. The molecule has 2 unspecified atom stereocenters. The smallest absolute Gasteiger partial charge is 0.235 e. The van der Waals surface area contributed by atoms with E-state index in [9.17, 15) is 34.2 Å².